The third-order valence-corrected chi connectivity index (χ3v) is 2.50. The van der Waals surface area contributed by atoms with Crippen molar-refractivity contribution in [2.24, 2.45) is 11.8 Å². The fourth-order valence-electron chi connectivity index (χ4n) is 1.77. The predicted octanol–water partition coefficient (Wildman–Crippen LogP) is 0.942. The molecule has 1 atom stereocenters. The number of hydrogen-bond acceptors (Lipinski definition) is 2. The van der Waals surface area contributed by atoms with E-state index in [-0.39, 0.29) is 5.91 Å². The highest BCUT2D eigenvalue weighted by Crippen LogP contribution is 2.30. The molecule has 1 saturated heterocycles. The average Bonchev–Trinajstić information content (AvgIpc) is 2.12. The van der Waals surface area contributed by atoms with Crippen LogP contribution in [0.1, 0.15) is 19.3 Å². The maximum absolute atomic E-state index is 11.2. The van der Waals surface area contributed by atoms with Crippen LogP contribution in [0.25, 0.3) is 0 Å². The minimum Gasteiger partial charge on any atom is -0.273 e. The fourth-order valence-corrected chi connectivity index (χ4v) is 1.77. The first-order valence-corrected chi connectivity index (χ1v) is 4.23. The van der Waals surface area contributed by atoms with E-state index < -0.39 is 0 Å². The summed E-state index contributed by atoms with van der Waals surface area (Å²) in [5.41, 5.74) is 0.980. The largest absolute Gasteiger partial charge is 0.273 e. The van der Waals surface area contributed by atoms with Crippen LogP contribution in [0.2, 0.25) is 0 Å². The van der Waals surface area contributed by atoms with Crippen LogP contribution in [0, 0.1) is 5.92 Å². The summed E-state index contributed by atoms with van der Waals surface area (Å²) in [6, 6.07) is 0. The Bertz CT molecular complexity index is 268. The summed E-state index contributed by atoms with van der Waals surface area (Å²) in [5.74, 6) is 6.12. The Morgan fingerprint density at radius 2 is 2.42 bits per heavy atom. The molecule has 64 valence electrons. The van der Waals surface area contributed by atoms with Crippen molar-refractivity contribution in [3.8, 4) is 0 Å². The Hall–Kier alpha value is -1.09. The molecule has 3 heteroatoms. The molecule has 1 unspecified atom stereocenters. The standard InChI is InChI=1S/C9H12N2O/c10-11-8-4-2-1-3-7(8)5-6-9(11)12/h1-2,4,7H,3,5-6,10H2. The molecule has 0 aromatic heterocycles. The molecule has 0 aromatic carbocycles. The zero-order valence-electron chi connectivity index (χ0n) is 6.86. The first-order chi connectivity index (χ1) is 5.79. The Morgan fingerprint density at radius 1 is 1.58 bits per heavy atom. The van der Waals surface area contributed by atoms with Gasteiger partial charge in [-0.15, -0.1) is 0 Å². The SMILES string of the molecule is NN1C(=O)CCC2CC=CC=C21. The van der Waals surface area contributed by atoms with Gasteiger partial charge in [0.25, 0.3) is 0 Å². The molecule has 0 spiro atoms. The monoisotopic (exact) mass is 164 g/mol. The van der Waals surface area contributed by atoms with Crippen molar-refractivity contribution in [3.63, 3.8) is 0 Å². The third kappa shape index (κ3) is 1.06. The van der Waals surface area contributed by atoms with Gasteiger partial charge >= 0.3 is 0 Å². The fraction of sp³-hybridized carbons (Fsp3) is 0.444. The summed E-state index contributed by atoms with van der Waals surface area (Å²) in [6.07, 6.45) is 8.58. The van der Waals surface area contributed by atoms with Gasteiger partial charge in [0.2, 0.25) is 5.91 Å². The molecule has 0 bridgehead atoms. The molecule has 0 saturated carbocycles. The van der Waals surface area contributed by atoms with E-state index >= 15 is 0 Å². The molecule has 1 heterocycles. The molecule has 2 N–H and O–H groups in total. The van der Waals surface area contributed by atoms with Crippen LogP contribution in [0.15, 0.2) is 23.9 Å². The number of carbonyl (C=O) groups excluding carboxylic acids is 1. The first kappa shape index (κ1) is 7.55. The maximum atomic E-state index is 11.2. The molecule has 0 aromatic rings. The van der Waals surface area contributed by atoms with E-state index in [0.29, 0.717) is 12.3 Å². The smallest absolute Gasteiger partial charge is 0.240 e. The number of rotatable bonds is 0. The van der Waals surface area contributed by atoms with Gasteiger partial charge in [-0.1, -0.05) is 12.2 Å². The van der Waals surface area contributed by atoms with Gasteiger partial charge in [0, 0.05) is 18.0 Å². The van der Waals surface area contributed by atoms with Gasteiger partial charge in [-0.3, -0.25) is 9.80 Å². The Labute approximate surface area is 71.5 Å². The van der Waals surface area contributed by atoms with E-state index in [1.807, 2.05) is 12.2 Å². The highest BCUT2D eigenvalue weighted by Gasteiger charge is 2.28. The number of allylic oxidation sites excluding steroid dienone is 4. The number of hydrazine groups is 1. The van der Waals surface area contributed by atoms with Gasteiger partial charge in [-0.05, 0) is 18.9 Å². The van der Waals surface area contributed by atoms with E-state index in [9.17, 15) is 4.79 Å². The van der Waals surface area contributed by atoms with E-state index in [4.69, 9.17) is 5.84 Å². The lowest BCUT2D eigenvalue weighted by Gasteiger charge is -2.32. The molecular weight excluding hydrogens is 152 g/mol. The van der Waals surface area contributed by atoms with Crippen LogP contribution in [0.4, 0.5) is 0 Å². The van der Waals surface area contributed by atoms with Crippen molar-refractivity contribution in [2.45, 2.75) is 19.3 Å². The number of fused-ring (bicyclic) bond motifs is 1. The molecule has 2 aliphatic rings. The maximum Gasteiger partial charge on any atom is 0.240 e. The summed E-state index contributed by atoms with van der Waals surface area (Å²) >= 11 is 0. The van der Waals surface area contributed by atoms with E-state index in [2.05, 4.69) is 6.08 Å². The Balaban J connectivity index is 2.27. The van der Waals surface area contributed by atoms with Crippen molar-refractivity contribution in [1.82, 2.24) is 5.01 Å². The molecule has 0 radical (unpaired) electrons. The van der Waals surface area contributed by atoms with Crippen molar-refractivity contribution in [3.05, 3.63) is 23.9 Å². The topological polar surface area (TPSA) is 46.3 Å². The summed E-state index contributed by atoms with van der Waals surface area (Å²) in [5, 5.41) is 1.30. The predicted molar refractivity (Wildman–Crippen MR) is 45.6 cm³/mol. The summed E-state index contributed by atoms with van der Waals surface area (Å²) in [6.45, 7) is 0. The molecular formula is C9H12N2O. The zero-order valence-corrected chi connectivity index (χ0v) is 6.86. The van der Waals surface area contributed by atoms with Gasteiger partial charge in [-0.2, -0.15) is 0 Å². The second kappa shape index (κ2) is 2.75. The van der Waals surface area contributed by atoms with Gasteiger partial charge in [-0.25, -0.2) is 5.84 Å². The Kier molecular flexibility index (Phi) is 1.73. The average molecular weight is 164 g/mol. The lowest BCUT2D eigenvalue weighted by atomic mass is 9.88. The molecule has 2 rings (SSSR count). The summed E-state index contributed by atoms with van der Waals surface area (Å²) < 4.78 is 0. The van der Waals surface area contributed by atoms with Crippen molar-refractivity contribution < 1.29 is 4.79 Å². The van der Waals surface area contributed by atoms with E-state index in [1.165, 1.54) is 5.01 Å². The zero-order chi connectivity index (χ0) is 8.55. The highest BCUT2D eigenvalue weighted by molar-refractivity contribution is 5.78. The molecule has 1 aliphatic carbocycles. The molecule has 1 aliphatic heterocycles. The van der Waals surface area contributed by atoms with Crippen molar-refractivity contribution in [2.75, 3.05) is 0 Å². The number of piperidine rings is 1. The lowest BCUT2D eigenvalue weighted by molar-refractivity contribution is -0.132. The van der Waals surface area contributed by atoms with Crippen LogP contribution in [-0.2, 0) is 4.79 Å². The second-order valence-corrected chi connectivity index (χ2v) is 3.25. The third-order valence-electron chi connectivity index (χ3n) is 2.50. The Morgan fingerprint density at radius 3 is 3.25 bits per heavy atom. The van der Waals surface area contributed by atoms with Crippen LogP contribution in [0.5, 0.6) is 0 Å². The summed E-state index contributed by atoms with van der Waals surface area (Å²) in [7, 11) is 0. The lowest BCUT2D eigenvalue weighted by Crippen LogP contribution is -2.43. The van der Waals surface area contributed by atoms with Crippen LogP contribution in [-0.4, -0.2) is 10.9 Å². The number of amides is 1. The number of nitrogens with two attached hydrogens (primary N) is 1. The molecule has 12 heavy (non-hydrogen) atoms. The minimum atomic E-state index is 0.0350. The molecule has 3 nitrogen and oxygen atoms in total. The van der Waals surface area contributed by atoms with E-state index in [0.717, 1.165) is 18.5 Å². The van der Waals surface area contributed by atoms with Gasteiger partial charge < -0.3 is 0 Å². The van der Waals surface area contributed by atoms with Crippen molar-refractivity contribution >= 4 is 5.91 Å². The van der Waals surface area contributed by atoms with Crippen LogP contribution in [0.3, 0.4) is 0 Å². The van der Waals surface area contributed by atoms with Gasteiger partial charge in [0.15, 0.2) is 0 Å². The number of nitrogens with zero attached hydrogens (tertiary/aromatic N) is 1. The quantitative estimate of drug-likeness (QED) is 0.428. The van der Waals surface area contributed by atoms with Gasteiger partial charge in [0.05, 0.1) is 0 Å². The van der Waals surface area contributed by atoms with Gasteiger partial charge in [0.1, 0.15) is 0 Å². The normalized spacial score (nSPS) is 28.4. The number of hydrogen-bond donors (Lipinski definition) is 1. The second-order valence-electron chi connectivity index (χ2n) is 3.25. The molecule has 1 amide bonds. The summed E-state index contributed by atoms with van der Waals surface area (Å²) in [4.78, 5) is 11.2. The van der Waals surface area contributed by atoms with Crippen LogP contribution >= 0.6 is 0 Å². The minimum absolute atomic E-state index is 0.0350. The van der Waals surface area contributed by atoms with E-state index in [1.54, 1.807) is 0 Å². The highest BCUT2D eigenvalue weighted by atomic mass is 16.2. The number of carbonyl (C=O) groups is 1. The van der Waals surface area contributed by atoms with Crippen LogP contribution < -0.4 is 5.84 Å². The van der Waals surface area contributed by atoms with Crippen molar-refractivity contribution in [1.29, 1.82) is 0 Å². The molecule has 1 fully saturated rings. The first-order valence-electron chi connectivity index (χ1n) is 4.23.